The average Bonchev–Trinajstić information content (AvgIpc) is 2.85. The van der Waals surface area contributed by atoms with Crippen molar-refractivity contribution in [3.05, 3.63) is 0 Å². The quantitative estimate of drug-likeness (QED) is 0.0625. The summed E-state index contributed by atoms with van der Waals surface area (Å²) in [7, 11) is 0. The number of carboxylic acids is 1. The summed E-state index contributed by atoms with van der Waals surface area (Å²) < 4.78 is 0. The summed E-state index contributed by atoms with van der Waals surface area (Å²) in [6, 6.07) is -3.75. The van der Waals surface area contributed by atoms with Gasteiger partial charge in [-0.3, -0.25) is 29.1 Å². The van der Waals surface area contributed by atoms with Crippen LogP contribution in [-0.2, 0) is 14.4 Å². The molecule has 0 bridgehead atoms. The van der Waals surface area contributed by atoms with Crippen LogP contribution in [0, 0.1) is 0 Å². The number of carbonyl (C=O) groups is 3. The maximum absolute atomic E-state index is 12.1. The van der Waals surface area contributed by atoms with Crippen molar-refractivity contribution < 1.29 is 50.1 Å². The van der Waals surface area contributed by atoms with Gasteiger partial charge in [-0.2, -0.15) is 0 Å². The summed E-state index contributed by atoms with van der Waals surface area (Å²) in [4.78, 5) is 40.3. The van der Waals surface area contributed by atoms with Gasteiger partial charge in [0.05, 0.1) is 57.3 Å². The number of primary amides is 2. The topological polar surface area (TPSA) is 255 Å². The van der Waals surface area contributed by atoms with Crippen LogP contribution < -0.4 is 11.5 Å². The second-order valence-electron chi connectivity index (χ2n) is 8.90. The van der Waals surface area contributed by atoms with Crippen molar-refractivity contribution in [2.75, 3.05) is 59.2 Å². The molecule has 11 N–H and O–H groups in total. The van der Waals surface area contributed by atoms with Crippen molar-refractivity contribution >= 4 is 17.8 Å². The third-order valence-electron chi connectivity index (χ3n) is 6.26. The molecule has 15 heteroatoms. The summed E-state index contributed by atoms with van der Waals surface area (Å²) in [5.74, 6) is -2.80. The highest BCUT2D eigenvalue weighted by Crippen LogP contribution is 2.16. The van der Waals surface area contributed by atoms with Gasteiger partial charge in [-0.1, -0.05) is 13.8 Å². The SMILES string of the molecule is CCN(C(CO)CN(CC(=O)O)CC(CO)N(CC)C(CC(O)CO)C(N)=O)C(CC(O)CO)C(N)=O. The number of nitrogens with zero attached hydrogens (tertiary/aromatic N) is 3. The number of hydrogen-bond acceptors (Lipinski definition) is 12. The number of aliphatic carboxylic acids is 1. The summed E-state index contributed by atoms with van der Waals surface area (Å²) in [6.45, 7) is 0.859. The Bertz CT molecular complexity index is 640. The molecule has 0 aliphatic heterocycles. The van der Waals surface area contributed by atoms with Crippen LogP contribution in [0.2, 0.25) is 0 Å². The van der Waals surface area contributed by atoms with Gasteiger partial charge in [0.25, 0.3) is 0 Å². The second-order valence-corrected chi connectivity index (χ2v) is 8.90. The zero-order valence-electron chi connectivity index (χ0n) is 21.6. The van der Waals surface area contributed by atoms with E-state index in [1.54, 1.807) is 13.8 Å². The minimum absolute atomic E-state index is 0.0931. The predicted octanol–water partition coefficient (Wildman–Crippen LogP) is -5.07. The van der Waals surface area contributed by atoms with E-state index in [1.807, 2.05) is 0 Å². The van der Waals surface area contributed by atoms with E-state index in [2.05, 4.69) is 0 Å². The van der Waals surface area contributed by atoms with Crippen LogP contribution in [0.5, 0.6) is 0 Å². The van der Waals surface area contributed by atoms with Crippen LogP contribution in [0.3, 0.4) is 0 Å². The van der Waals surface area contributed by atoms with E-state index in [0.29, 0.717) is 0 Å². The molecule has 0 aliphatic rings. The number of carbonyl (C=O) groups excluding carboxylic acids is 2. The normalized spacial score (nSPS) is 16.9. The Morgan fingerprint density at radius 2 is 1.05 bits per heavy atom. The zero-order valence-corrected chi connectivity index (χ0v) is 21.6. The molecule has 0 radical (unpaired) electrons. The first-order valence-electron chi connectivity index (χ1n) is 12.2. The summed E-state index contributed by atoms with van der Waals surface area (Å²) in [5, 5.41) is 67.8. The van der Waals surface area contributed by atoms with E-state index in [1.165, 1.54) is 14.7 Å². The third-order valence-corrected chi connectivity index (χ3v) is 6.26. The zero-order chi connectivity index (χ0) is 28.7. The molecule has 0 spiro atoms. The van der Waals surface area contributed by atoms with Gasteiger partial charge >= 0.3 is 5.97 Å². The number of hydrogen-bond donors (Lipinski definition) is 9. The molecule has 0 heterocycles. The van der Waals surface area contributed by atoms with Crippen LogP contribution >= 0.6 is 0 Å². The second kappa shape index (κ2) is 18.3. The molecule has 0 rings (SSSR count). The molecular formula is C22H45N5O10. The minimum Gasteiger partial charge on any atom is -0.480 e. The molecule has 6 atom stereocenters. The molecule has 0 saturated heterocycles. The standard InChI is InChI=1S/C22H45N5O10/c1-3-26(18(21(23)36)5-16(32)12-30)14(10-28)7-25(9-20(34)35)8-15(11-29)27(4-2)19(22(24)37)6-17(33)13-31/h14-19,28-33H,3-13H2,1-2H3,(H2,23,36)(H2,24,37)(H,34,35). The number of aliphatic hydroxyl groups excluding tert-OH is 6. The van der Waals surface area contributed by atoms with E-state index in [0.717, 1.165) is 0 Å². The predicted molar refractivity (Wildman–Crippen MR) is 132 cm³/mol. The van der Waals surface area contributed by atoms with Crippen molar-refractivity contribution in [3.8, 4) is 0 Å². The molecule has 37 heavy (non-hydrogen) atoms. The Labute approximate surface area is 216 Å². The minimum atomic E-state index is -1.24. The maximum Gasteiger partial charge on any atom is 0.317 e. The number of carboxylic acid groups (broad SMARTS) is 1. The van der Waals surface area contributed by atoms with Gasteiger partial charge in [-0.25, -0.2) is 0 Å². The lowest BCUT2D eigenvalue weighted by Gasteiger charge is -2.41. The fourth-order valence-electron chi connectivity index (χ4n) is 4.49. The van der Waals surface area contributed by atoms with E-state index in [9.17, 15) is 50.1 Å². The molecule has 0 aliphatic carbocycles. The van der Waals surface area contributed by atoms with E-state index < -0.39 is 87.1 Å². The first-order chi connectivity index (χ1) is 17.4. The molecule has 2 amide bonds. The lowest BCUT2D eigenvalue weighted by Crippen LogP contribution is -2.59. The molecular weight excluding hydrogens is 494 g/mol. The van der Waals surface area contributed by atoms with Gasteiger partial charge in [0.15, 0.2) is 0 Å². The highest BCUT2D eigenvalue weighted by molar-refractivity contribution is 5.80. The summed E-state index contributed by atoms with van der Waals surface area (Å²) in [5.41, 5.74) is 11.0. The van der Waals surface area contributed by atoms with Gasteiger partial charge in [0, 0.05) is 38.0 Å². The lowest BCUT2D eigenvalue weighted by molar-refractivity contribution is -0.139. The fraction of sp³-hybridized carbons (Fsp3) is 0.864. The fourth-order valence-corrected chi connectivity index (χ4v) is 4.49. The first-order valence-corrected chi connectivity index (χ1v) is 12.2. The first kappa shape index (κ1) is 35.0. The van der Waals surface area contributed by atoms with Crippen LogP contribution in [0.15, 0.2) is 0 Å². The third kappa shape index (κ3) is 12.0. The van der Waals surface area contributed by atoms with Crippen LogP contribution in [0.1, 0.15) is 26.7 Å². The van der Waals surface area contributed by atoms with Gasteiger partial charge in [-0.05, 0) is 13.1 Å². The number of amides is 2. The monoisotopic (exact) mass is 539 g/mol. The molecule has 6 unspecified atom stereocenters. The Kier molecular flexibility index (Phi) is 17.4. The maximum atomic E-state index is 12.1. The number of nitrogens with two attached hydrogens (primary N) is 2. The molecule has 15 nitrogen and oxygen atoms in total. The van der Waals surface area contributed by atoms with E-state index in [-0.39, 0.29) is 39.0 Å². The Balaban J connectivity index is 6.01. The van der Waals surface area contributed by atoms with Crippen LogP contribution in [0.25, 0.3) is 0 Å². The van der Waals surface area contributed by atoms with Gasteiger partial charge in [0.1, 0.15) is 0 Å². The largest absolute Gasteiger partial charge is 0.480 e. The number of rotatable bonds is 22. The smallest absolute Gasteiger partial charge is 0.317 e. The van der Waals surface area contributed by atoms with Crippen molar-refractivity contribution in [2.24, 2.45) is 11.5 Å². The van der Waals surface area contributed by atoms with E-state index >= 15 is 0 Å². The summed E-state index contributed by atoms with van der Waals surface area (Å²) >= 11 is 0. The number of aliphatic hydroxyl groups is 6. The number of likely N-dealkylation sites (N-methyl/N-ethyl adjacent to an activating group) is 2. The molecule has 0 aromatic heterocycles. The molecule has 0 aromatic carbocycles. The van der Waals surface area contributed by atoms with Crippen molar-refractivity contribution in [1.29, 1.82) is 0 Å². The van der Waals surface area contributed by atoms with Crippen molar-refractivity contribution in [2.45, 2.75) is 63.1 Å². The molecule has 0 fully saturated rings. The van der Waals surface area contributed by atoms with E-state index in [4.69, 9.17) is 11.5 Å². The van der Waals surface area contributed by atoms with Crippen LogP contribution in [-0.4, -0.2) is 164 Å². The van der Waals surface area contributed by atoms with Crippen molar-refractivity contribution in [1.82, 2.24) is 14.7 Å². The lowest BCUT2D eigenvalue weighted by atomic mass is 10.0. The highest BCUT2D eigenvalue weighted by Gasteiger charge is 2.35. The van der Waals surface area contributed by atoms with Gasteiger partial charge < -0.3 is 47.2 Å². The molecule has 218 valence electrons. The van der Waals surface area contributed by atoms with Gasteiger partial charge in [0.2, 0.25) is 11.8 Å². The molecule has 0 saturated carbocycles. The van der Waals surface area contributed by atoms with Gasteiger partial charge in [-0.15, -0.1) is 0 Å². The Morgan fingerprint density at radius 3 is 1.27 bits per heavy atom. The van der Waals surface area contributed by atoms with Crippen molar-refractivity contribution in [3.63, 3.8) is 0 Å². The summed E-state index contributed by atoms with van der Waals surface area (Å²) in [6.07, 6.45) is -2.88. The Morgan fingerprint density at radius 1 is 0.703 bits per heavy atom. The highest BCUT2D eigenvalue weighted by atomic mass is 16.4. The van der Waals surface area contributed by atoms with Crippen LogP contribution in [0.4, 0.5) is 0 Å². The molecule has 0 aromatic rings. The Hall–Kier alpha value is -1.95. The average molecular weight is 540 g/mol.